The lowest BCUT2D eigenvalue weighted by molar-refractivity contribution is 0.0240. The normalized spacial score (nSPS) is 32.8. The van der Waals surface area contributed by atoms with E-state index in [2.05, 4.69) is 15.9 Å². The highest BCUT2D eigenvalue weighted by Gasteiger charge is 2.26. The molecule has 0 spiro atoms. The highest BCUT2D eigenvalue weighted by Crippen LogP contribution is 2.30. The Bertz CT molecular complexity index is 903. The van der Waals surface area contributed by atoms with Crippen molar-refractivity contribution < 1.29 is 29.3 Å². The minimum Gasteiger partial charge on any atom is -0.495 e. The zero-order valence-electron chi connectivity index (χ0n) is 23.2. The van der Waals surface area contributed by atoms with Crippen LogP contribution in [0, 0.1) is 0 Å². The van der Waals surface area contributed by atoms with E-state index in [9.17, 15) is 4.79 Å². The van der Waals surface area contributed by atoms with Crippen LogP contribution in [-0.2, 0) is 4.74 Å². The van der Waals surface area contributed by atoms with Gasteiger partial charge in [0.25, 0.3) is 0 Å². The van der Waals surface area contributed by atoms with E-state index in [1.165, 1.54) is 26.8 Å². The van der Waals surface area contributed by atoms with Crippen molar-refractivity contribution in [3.05, 3.63) is 22.7 Å². The first-order valence-electron chi connectivity index (χ1n) is 11.8. The fraction of sp³-hybridized carbons (Fsp3) is 0.562. The number of halogens is 1. The topological polar surface area (TPSA) is 42.0 Å². The van der Waals surface area contributed by atoms with Crippen LogP contribution in [0.2, 0.25) is 0 Å². The molecule has 1 heterocycles. The Kier molecular flexibility index (Phi) is 2.29. The van der Waals surface area contributed by atoms with Crippen molar-refractivity contribution in [2.75, 3.05) is 37.9 Å². The maximum Gasteiger partial charge on any atom is 0.410 e. The fourth-order valence-electron chi connectivity index (χ4n) is 1.49. The molecule has 5 nitrogen and oxygen atoms in total. The van der Waals surface area contributed by atoms with Crippen LogP contribution in [0.15, 0.2) is 22.7 Å². The Morgan fingerprint density at radius 1 is 1.32 bits per heavy atom. The molecule has 22 heavy (non-hydrogen) atoms. The molecule has 1 aromatic carbocycles. The zero-order chi connectivity index (χ0) is 26.0. The van der Waals surface area contributed by atoms with Crippen LogP contribution in [-0.4, -0.2) is 49.6 Å². The van der Waals surface area contributed by atoms with Crippen molar-refractivity contribution in [1.82, 2.24) is 4.90 Å². The van der Waals surface area contributed by atoms with Crippen LogP contribution in [0.5, 0.6) is 5.75 Å². The van der Waals surface area contributed by atoms with Gasteiger partial charge in [0.15, 0.2) is 0 Å². The van der Waals surface area contributed by atoms with Gasteiger partial charge in [-0.15, -0.1) is 0 Å². The number of anilines is 1. The summed E-state index contributed by atoms with van der Waals surface area (Å²) in [7, 11) is -2.90. The molecule has 1 fully saturated rings. The first kappa shape index (κ1) is 7.43. The molecule has 0 atom stereocenters. The zero-order valence-corrected chi connectivity index (χ0v) is 13.8. The number of nitrogens with zero attached hydrogens (tertiary/aromatic N) is 2. The van der Waals surface area contributed by atoms with Gasteiger partial charge in [-0.2, -0.15) is 0 Å². The number of hydrogen-bond donors (Lipinski definition) is 0. The van der Waals surface area contributed by atoms with Crippen LogP contribution >= 0.6 is 15.9 Å². The molecule has 0 bridgehead atoms. The molecule has 1 aromatic rings. The quantitative estimate of drug-likeness (QED) is 0.785. The predicted octanol–water partition coefficient (Wildman–Crippen LogP) is 3.51. The average Bonchev–Trinajstić information content (AvgIpc) is 2.52. The minimum atomic E-state index is -3.44. The number of carbonyl (C=O) groups is 1. The number of methoxy groups -OCH3 is 1. The number of benzene rings is 1. The van der Waals surface area contributed by atoms with Crippen molar-refractivity contribution >= 4 is 27.7 Å². The third-order valence-corrected chi connectivity index (χ3v) is 3.06. The second-order valence-corrected chi connectivity index (χ2v) is 6.17. The highest BCUT2D eigenvalue weighted by atomic mass is 79.9. The summed E-state index contributed by atoms with van der Waals surface area (Å²) < 4.78 is 98.7. The number of amides is 1. The van der Waals surface area contributed by atoms with E-state index in [0.29, 0.717) is 0 Å². The molecule has 1 saturated heterocycles. The number of carbonyl (C=O) groups excluding carboxylic acids is 1. The Balaban J connectivity index is 2.72. The van der Waals surface area contributed by atoms with E-state index in [-0.39, 0.29) is 20.0 Å². The van der Waals surface area contributed by atoms with Gasteiger partial charge in [0.2, 0.25) is 0 Å². The first-order valence-corrected chi connectivity index (χ1v) is 7.08. The van der Waals surface area contributed by atoms with Gasteiger partial charge in [0.1, 0.15) is 11.4 Å². The van der Waals surface area contributed by atoms with Gasteiger partial charge in [-0.3, -0.25) is 0 Å². The molecule has 0 saturated carbocycles. The van der Waals surface area contributed by atoms with Crippen LogP contribution in [0.25, 0.3) is 0 Å². The Labute approximate surface area is 155 Å². The third kappa shape index (κ3) is 4.29. The Morgan fingerprint density at radius 3 is 2.59 bits per heavy atom. The van der Waals surface area contributed by atoms with Gasteiger partial charge in [0, 0.05) is 37.7 Å². The summed E-state index contributed by atoms with van der Waals surface area (Å²) in [6.07, 6.45) is -1.59. The second kappa shape index (κ2) is 6.77. The van der Waals surface area contributed by atoms with Crippen LogP contribution < -0.4 is 9.64 Å². The Morgan fingerprint density at radius 2 is 2.00 bits per heavy atom. The van der Waals surface area contributed by atoms with Gasteiger partial charge in [-0.1, -0.05) is 0 Å². The van der Waals surface area contributed by atoms with E-state index in [0.717, 1.165) is 12.1 Å². The molecule has 0 radical (unpaired) electrons. The van der Waals surface area contributed by atoms with E-state index < -0.39 is 50.4 Å². The average molecular weight is 382 g/mol. The van der Waals surface area contributed by atoms with E-state index in [1.807, 2.05) is 0 Å². The lowest BCUT2D eigenvalue weighted by Gasteiger charge is -2.36. The molecule has 2 rings (SSSR count). The maximum atomic E-state index is 12.7. The summed E-state index contributed by atoms with van der Waals surface area (Å²) in [5.41, 5.74) is -1.63. The van der Waals surface area contributed by atoms with Gasteiger partial charge in [-0.25, -0.2) is 4.79 Å². The van der Waals surface area contributed by atoms with E-state index >= 15 is 0 Å². The van der Waals surface area contributed by atoms with Crippen molar-refractivity contribution in [3.63, 3.8) is 0 Å². The molecule has 1 aliphatic rings. The van der Waals surface area contributed by atoms with Crippen LogP contribution in [0.1, 0.15) is 35.8 Å². The molecule has 0 aliphatic carbocycles. The monoisotopic (exact) mass is 381 g/mol. The van der Waals surface area contributed by atoms with Crippen LogP contribution in [0.4, 0.5) is 10.5 Å². The molecule has 6 heteroatoms. The molecular weight excluding hydrogens is 348 g/mol. The van der Waals surface area contributed by atoms with Crippen molar-refractivity contribution in [1.29, 1.82) is 0 Å². The molecule has 122 valence electrons. The summed E-state index contributed by atoms with van der Waals surface area (Å²) in [6, 6.07) is 3.27. The second-order valence-electron chi connectivity index (χ2n) is 5.32. The van der Waals surface area contributed by atoms with Gasteiger partial charge in [0.05, 0.1) is 26.6 Å². The number of rotatable bonds is 2. The summed E-state index contributed by atoms with van der Waals surface area (Å²) in [4.78, 5) is 12.7. The minimum absolute atomic E-state index is 0.127. The summed E-state index contributed by atoms with van der Waals surface area (Å²) >= 11 is 3.07. The van der Waals surface area contributed by atoms with Crippen LogP contribution in [0.3, 0.4) is 0 Å². The van der Waals surface area contributed by atoms with Gasteiger partial charge in [-0.05, 0) is 48.8 Å². The first-order chi connectivity index (χ1) is 14.5. The van der Waals surface area contributed by atoms with Crippen molar-refractivity contribution in [3.8, 4) is 5.75 Å². The number of piperazine rings is 1. The predicted molar refractivity (Wildman–Crippen MR) is 90.7 cm³/mol. The number of hydrogen-bond acceptors (Lipinski definition) is 4. The van der Waals surface area contributed by atoms with Crippen molar-refractivity contribution in [2.24, 2.45) is 0 Å². The van der Waals surface area contributed by atoms with E-state index in [1.54, 1.807) is 0 Å². The summed E-state index contributed by atoms with van der Waals surface area (Å²) in [5, 5.41) is 0. The molecule has 0 N–H and O–H groups in total. The highest BCUT2D eigenvalue weighted by molar-refractivity contribution is 9.10. The summed E-state index contributed by atoms with van der Waals surface area (Å²) in [5.74, 6) is -0.338. The molecular formula is C16H23BrN2O3. The molecule has 1 aliphatic heterocycles. The lowest BCUT2D eigenvalue weighted by Crippen LogP contribution is -2.50. The van der Waals surface area contributed by atoms with E-state index in [4.69, 9.17) is 24.6 Å². The van der Waals surface area contributed by atoms with Crippen molar-refractivity contribution in [2.45, 2.75) is 26.4 Å². The summed E-state index contributed by atoms with van der Waals surface area (Å²) in [6.45, 7) is -9.29. The Hall–Kier alpha value is -1.43. The molecule has 0 unspecified atom stereocenters. The maximum absolute atomic E-state index is 12.7. The molecule has 1 amide bonds. The van der Waals surface area contributed by atoms with Gasteiger partial charge < -0.3 is 19.3 Å². The molecule has 0 aromatic heterocycles. The number of ether oxygens (including phenoxy) is 2. The SMILES string of the molecule is [2H]C([2H])([2H])Oc1cc(N2C([2H])([2H])C([2H])([2H])N(C(=O)OC(C)(C)C)C([2H])([2H])C2([2H])[2H])ccc1Br. The van der Waals surface area contributed by atoms with Gasteiger partial charge >= 0.3 is 6.09 Å². The standard InChI is InChI=1S/C16H23BrN2O3/c1-16(2,3)22-15(20)19-9-7-18(8-10-19)12-5-6-13(17)14(11-12)21-4/h5-6,11H,7-10H2,1-4H3/i4D3,7D2,8D2,9D2,10D2. The third-order valence-electron chi connectivity index (χ3n) is 2.41. The smallest absolute Gasteiger partial charge is 0.410 e. The largest absolute Gasteiger partial charge is 0.495 e. The fourth-order valence-corrected chi connectivity index (χ4v) is 1.82. The lowest BCUT2D eigenvalue weighted by atomic mass is 10.2.